The fourth-order valence-corrected chi connectivity index (χ4v) is 2.67. The molecule has 108 valence electrons. The van der Waals surface area contributed by atoms with Crippen molar-refractivity contribution in [3.8, 4) is 0 Å². The summed E-state index contributed by atoms with van der Waals surface area (Å²) in [7, 11) is 0. The summed E-state index contributed by atoms with van der Waals surface area (Å²) in [5, 5.41) is 3.38. The predicted molar refractivity (Wildman–Crippen MR) is 90.1 cm³/mol. The summed E-state index contributed by atoms with van der Waals surface area (Å²) < 4.78 is 0. The van der Waals surface area contributed by atoms with Gasteiger partial charge in [0.15, 0.2) is 0 Å². The van der Waals surface area contributed by atoms with Crippen LogP contribution in [0, 0.1) is 0 Å². The molecule has 5 heteroatoms. The van der Waals surface area contributed by atoms with Crippen molar-refractivity contribution < 1.29 is 0 Å². The first-order chi connectivity index (χ1) is 8.35. The van der Waals surface area contributed by atoms with Gasteiger partial charge in [0.25, 0.3) is 0 Å². The van der Waals surface area contributed by atoms with E-state index < -0.39 is 0 Å². The summed E-state index contributed by atoms with van der Waals surface area (Å²) >= 11 is 1.78. The van der Waals surface area contributed by atoms with E-state index in [2.05, 4.69) is 53.4 Å². The molecule has 0 radical (unpaired) electrons. The lowest BCUT2D eigenvalue weighted by Gasteiger charge is -2.33. The second kappa shape index (κ2) is 9.67. The van der Waals surface area contributed by atoms with Crippen molar-refractivity contribution in [3.63, 3.8) is 0 Å². The molecule has 1 saturated heterocycles. The number of halogens is 2. The zero-order chi connectivity index (χ0) is 12.1. The van der Waals surface area contributed by atoms with Gasteiger partial charge in [-0.05, 0) is 24.0 Å². The number of nitrogens with one attached hydrogen (secondary N) is 1. The van der Waals surface area contributed by atoms with E-state index in [9.17, 15) is 0 Å². The van der Waals surface area contributed by atoms with Crippen LogP contribution in [0.3, 0.4) is 0 Å². The summed E-state index contributed by atoms with van der Waals surface area (Å²) in [5.74, 6) is 0. The SMILES string of the molecule is C=C[C@H](c1ccc(SC)cc1)N1CCNCC1.Cl.Cl. The highest BCUT2D eigenvalue weighted by Gasteiger charge is 2.18. The number of piperazine rings is 1. The summed E-state index contributed by atoms with van der Waals surface area (Å²) in [5.41, 5.74) is 1.35. The maximum absolute atomic E-state index is 3.99. The molecule has 19 heavy (non-hydrogen) atoms. The molecule has 0 spiro atoms. The van der Waals surface area contributed by atoms with E-state index in [1.165, 1.54) is 10.5 Å². The second-order valence-electron chi connectivity index (χ2n) is 4.24. The Morgan fingerprint density at radius 2 is 1.79 bits per heavy atom. The van der Waals surface area contributed by atoms with Gasteiger partial charge in [-0.2, -0.15) is 0 Å². The number of thioether (sulfide) groups is 1. The lowest BCUT2D eigenvalue weighted by atomic mass is 10.0. The molecular weight excluding hydrogens is 299 g/mol. The fraction of sp³-hybridized carbons (Fsp3) is 0.429. The Bertz CT molecular complexity index is 364. The van der Waals surface area contributed by atoms with Crippen molar-refractivity contribution in [2.24, 2.45) is 0 Å². The summed E-state index contributed by atoms with van der Waals surface area (Å²) in [4.78, 5) is 3.80. The van der Waals surface area contributed by atoms with Gasteiger partial charge in [-0.3, -0.25) is 4.90 Å². The number of benzene rings is 1. The predicted octanol–water partition coefficient (Wildman–Crippen LogP) is 3.38. The zero-order valence-corrected chi connectivity index (χ0v) is 13.6. The Hall–Kier alpha value is -0.190. The normalized spacial score (nSPS) is 16.9. The van der Waals surface area contributed by atoms with E-state index in [0.29, 0.717) is 6.04 Å². The van der Waals surface area contributed by atoms with Gasteiger partial charge in [0, 0.05) is 31.1 Å². The monoisotopic (exact) mass is 320 g/mol. The first-order valence-corrected chi connectivity index (χ1v) is 7.29. The Morgan fingerprint density at radius 3 is 2.26 bits per heavy atom. The van der Waals surface area contributed by atoms with Crippen LogP contribution in [-0.2, 0) is 0 Å². The van der Waals surface area contributed by atoms with Crippen LogP contribution < -0.4 is 5.32 Å². The molecular formula is C14H22Cl2N2S. The quantitative estimate of drug-likeness (QED) is 0.676. The Kier molecular flexibility index (Phi) is 9.58. The summed E-state index contributed by atoms with van der Waals surface area (Å²) in [6.07, 6.45) is 4.16. The zero-order valence-electron chi connectivity index (χ0n) is 11.2. The standard InChI is InChI=1S/C14H20N2S.2ClH/c1-3-14(16-10-8-15-9-11-16)12-4-6-13(17-2)7-5-12;;/h3-7,14-15H,1,8-11H2,2H3;2*1H/t14-;;/m1../s1. The largest absolute Gasteiger partial charge is 0.314 e. The molecule has 1 atom stereocenters. The molecule has 0 amide bonds. The van der Waals surface area contributed by atoms with Crippen LogP contribution in [0.15, 0.2) is 41.8 Å². The lowest BCUT2D eigenvalue weighted by molar-refractivity contribution is 0.203. The molecule has 0 unspecified atom stereocenters. The first-order valence-electron chi connectivity index (χ1n) is 6.06. The van der Waals surface area contributed by atoms with Crippen molar-refractivity contribution in [3.05, 3.63) is 42.5 Å². The lowest BCUT2D eigenvalue weighted by Crippen LogP contribution is -2.44. The molecule has 0 aliphatic carbocycles. The van der Waals surface area contributed by atoms with Gasteiger partial charge < -0.3 is 5.32 Å². The minimum atomic E-state index is 0. The average Bonchev–Trinajstić information content (AvgIpc) is 2.42. The molecule has 1 aromatic rings. The molecule has 0 bridgehead atoms. The van der Waals surface area contributed by atoms with Gasteiger partial charge in [0.1, 0.15) is 0 Å². The van der Waals surface area contributed by atoms with Crippen LogP contribution in [0.4, 0.5) is 0 Å². The maximum atomic E-state index is 3.99. The van der Waals surface area contributed by atoms with Gasteiger partial charge in [0.2, 0.25) is 0 Å². The van der Waals surface area contributed by atoms with Crippen molar-refractivity contribution in [2.45, 2.75) is 10.9 Å². The number of nitrogens with zero attached hydrogens (tertiary/aromatic N) is 1. The Balaban J connectivity index is 0.00000162. The molecule has 0 saturated carbocycles. The van der Waals surface area contributed by atoms with Gasteiger partial charge in [-0.1, -0.05) is 18.2 Å². The molecule has 1 N–H and O–H groups in total. The van der Waals surface area contributed by atoms with Gasteiger partial charge in [-0.15, -0.1) is 43.2 Å². The van der Waals surface area contributed by atoms with Crippen molar-refractivity contribution >= 4 is 36.6 Å². The molecule has 1 fully saturated rings. The van der Waals surface area contributed by atoms with E-state index in [1.54, 1.807) is 11.8 Å². The van der Waals surface area contributed by atoms with Crippen LogP contribution in [0.1, 0.15) is 11.6 Å². The molecule has 1 aromatic carbocycles. The minimum absolute atomic E-state index is 0. The Labute approximate surface area is 132 Å². The van der Waals surface area contributed by atoms with Crippen LogP contribution in [-0.4, -0.2) is 37.3 Å². The summed E-state index contributed by atoms with van der Waals surface area (Å²) in [6.45, 7) is 8.34. The second-order valence-corrected chi connectivity index (χ2v) is 5.12. The van der Waals surface area contributed by atoms with Gasteiger partial charge >= 0.3 is 0 Å². The smallest absolute Gasteiger partial charge is 0.0529 e. The third-order valence-electron chi connectivity index (χ3n) is 3.23. The fourth-order valence-electron chi connectivity index (χ4n) is 2.26. The van der Waals surface area contributed by atoms with Crippen LogP contribution >= 0.6 is 36.6 Å². The molecule has 1 aliphatic rings. The minimum Gasteiger partial charge on any atom is -0.314 e. The number of hydrogen-bond donors (Lipinski definition) is 1. The van der Waals surface area contributed by atoms with Crippen molar-refractivity contribution in [1.29, 1.82) is 0 Å². The molecule has 1 heterocycles. The third kappa shape index (κ3) is 5.01. The molecule has 2 rings (SSSR count). The van der Waals surface area contributed by atoms with Gasteiger partial charge in [-0.25, -0.2) is 0 Å². The Morgan fingerprint density at radius 1 is 1.21 bits per heavy atom. The van der Waals surface area contributed by atoms with Crippen LogP contribution in [0.5, 0.6) is 0 Å². The van der Waals surface area contributed by atoms with E-state index >= 15 is 0 Å². The maximum Gasteiger partial charge on any atom is 0.0529 e. The first kappa shape index (κ1) is 18.8. The third-order valence-corrected chi connectivity index (χ3v) is 3.97. The van der Waals surface area contributed by atoms with Crippen molar-refractivity contribution in [2.75, 3.05) is 32.4 Å². The van der Waals surface area contributed by atoms with E-state index in [-0.39, 0.29) is 24.8 Å². The highest BCUT2D eigenvalue weighted by atomic mass is 35.5. The van der Waals surface area contributed by atoms with Gasteiger partial charge in [0.05, 0.1) is 6.04 Å². The molecule has 2 nitrogen and oxygen atoms in total. The highest BCUT2D eigenvalue weighted by Crippen LogP contribution is 2.24. The van der Waals surface area contributed by atoms with E-state index in [0.717, 1.165) is 26.2 Å². The number of rotatable bonds is 4. The summed E-state index contributed by atoms with van der Waals surface area (Å²) in [6, 6.07) is 9.19. The van der Waals surface area contributed by atoms with Crippen molar-refractivity contribution in [1.82, 2.24) is 10.2 Å². The van der Waals surface area contributed by atoms with E-state index in [1.807, 2.05) is 0 Å². The average molecular weight is 321 g/mol. The van der Waals surface area contributed by atoms with Crippen LogP contribution in [0.25, 0.3) is 0 Å². The topological polar surface area (TPSA) is 15.3 Å². The highest BCUT2D eigenvalue weighted by molar-refractivity contribution is 7.98. The number of hydrogen-bond acceptors (Lipinski definition) is 3. The molecule has 0 aromatic heterocycles. The van der Waals surface area contributed by atoms with Crippen LogP contribution in [0.2, 0.25) is 0 Å². The molecule has 1 aliphatic heterocycles. The van der Waals surface area contributed by atoms with E-state index in [4.69, 9.17) is 0 Å².